The van der Waals surface area contributed by atoms with Gasteiger partial charge in [-0.1, -0.05) is 6.92 Å². The molecule has 0 unspecified atom stereocenters. The Bertz CT molecular complexity index is 138. The van der Waals surface area contributed by atoms with E-state index in [1.165, 1.54) is 0 Å². The van der Waals surface area contributed by atoms with Crippen LogP contribution in [0.25, 0.3) is 0 Å². The van der Waals surface area contributed by atoms with Gasteiger partial charge in [0.2, 0.25) is 5.91 Å². The van der Waals surface area contributed by atoms with E-state index in [-0.39, 0.29) is 5.91 Å². The number of hydrogen-bond donors (Lipinski definition) is 0. The highest BCUT2D eigenvalue weighted by atomic mass is 32.2. The minimum Gasteiger partial charge on any atom is -0.330 e. The summed E-state index contributed by atoms with van der Waals surface area (Å²) in [4.78, 5) is 12.9. The molecule has 0 aromatic heterocycles. The Balaban J connectivity index is 2.50. The fourth-order valence-electron chi connectivity index (χ4n) is 1.22. The Labute approximate surface area is 66.0 Å². The Morgan fingerprint density at radius 1 is 1.80 bits per heavy atom. The number of nitrogens with zero attached hydrogens (tertiary/aromatic N) is 1. The predicted octanol–water partition coefficient (Wildman–Crippen LogP) is 1.32. The van der Waals surface area contributed by atoms with Crippen LogP contribution < -0.4 is 0 Å². The van der Waals surface area contributed by atoms with Crippen molar-refractivity contribution in [1.29, 1.82) is 0 Å². The van der Waals surface area contributed by atoms with Gasteiger partial charge in [0.25, 0.3) is 0 Å². The molecule has 0 N–H and O–H groups in total. The van der Waals surface area contributed by atoms with Crippen LogP contribution in [-0.2, 0) is 4.79 Å². The van der Waals surface area contributed by atoms with Crippen LogP contribution in [0.3, 0.4) is 0 Å². The molecule has 58 valence electrons. The fraction of sp³-hybridized carbons (Fsp3) is 0.857. The molecule has 1 rings (SSSR count). The van der Waals surface area contributed by atoms with Crippen LogP contribution in [0, 0.1) is 0 Å². The zero-order valence-corrected chi connectivity index (χ0v) is 7.28. The molecule has 0 bridgehead atoms. The Hall–Kier alpha value is -0.180. The Morgan fingerprint density at radius 3 is 2.90 bits per heavy atom. The lowest BCUT2D eigenvalue weighted by atomic mass is 10.4. The second kappa shape index (κ2) is 3.28. The standard InChI is InChI=1S/C7H13NOS/c1-3-7-8(6(2)9)4-5-10-7/h7H,3-5H2,1-2H3/t7-/m1/s1. The maximum absolute atomic E-state index is 10.9. The highest BCUT2D eigenvalue weighted by Crippen LogP contribution is 2.25. The van der Waals surface area contributed by atoms with Crippen molar-refractivity contribution >= 4 is 17.7 Å². The third-order valence-corrected chi connectivity index (χ3v) is 3.13. The maximum Gasteiger partial charge on any atom is 0.220 e. The SMILES string of the molecule is CC[C@H]1SCCN1C(C)=O. The summed E-state index contributed by atoms with van der Waals surface area (Å²) in [6, 6.07) is 0. The van der Waals surface area contributed by atoms with Gasteiger partial charge in [-0.15, -0.1) is 11.8 Å². The summed E-state index contributed by atoms with van der Waals surface area (Å²) < 4.78 is 0. The van der Waals surface area contributed by atoms with Crippen molar-refractivity contribution in [3.8, 4) is 0 Å². The molecule has 0 aliphatic carbocycles. The van der Waals surface area contributed by atoms with Gasteiger partial charge in [0.05, 0.1) is 5.37 Å². The van der Waals surface area contributed by atoms with E-state index in [2.05, 4.69) is 6.92 Å². The molecule has 1 atom stereocenters. The molecule has 2 nitrogen and oxygen atoms in total. The molecule has 0 radical (unpaired) electrons. The van der Waals surface area contributed by atoms with Crippen molar-refractivity contribution in [2.24, 2.45) is 0 Å². The van der Waals surface area contributed by atoms with Crippen LogP contribution in [0.5, 0.6) is 0 Å². The van der Waals surface area contributed by atoms with Crippen molar-refractivity contribution in [3.63, 3.8) is 0 Å². The van der Waals surface area contributed by atoms with Crippen molar-refractivity contribution < 1.29 is 4.79 Å². The summed E-state index contributed by atoms with van der Waals surface area (Å²) in [6.07, 6.45) is 1.07. The van der Waals surface area contributed by atoms with Gasteiger partial charge < -0.3 is 4.90 Å². The summed E-state index contributed by atoms with van der Waals surface area (Å²) >= 11 is 1.88. The van der Waals surface area contributed by atoms with Gasteiger partial charge in [-0.05, 0) is 6.42 Å². The van der Waals surface area contributed by atoms with Crippen LogP contribution in [-0.4, -0.2) is 28.5 Å². The molecule has 0 saturated carbocycles. The van der Waals surface area contributed by atoms with E-state index in [4.69, 9.17) is 0 Å². The largest absolute Gasteiger partial charge is 0.330 e. The van der Waals surface area contributed by atoms with Gasteiger partial charge in [-0.3, -0.25) is 4.79 Å². The van der Waals surface area contributed by atoms with Gasteiger partial charge in [0, 0.05) is 19.2 Å². The molecule has 1 saturated heterocycles. The quantitative estimate of drug-likeness (QED) is 0.575. The van der Waals surface area contributed by atoms with Crippen LogP contribution in [0.1, 0.15) is 20.3 Å². The summed E-state index contributed by atoms with van der Waals surface area (Å²) in [6.45, 7) is 4.71. The van der Waals surface area contributed by atoms with Gasteiger partial charge >= 0.3 is 0 Å². The lowest BCUT2D eigenvalue weighted by molar-refractivity contribution is -0.128. The first kappa shape index (κ1) is 7.92. The summed E-state index contributed by atoms with van der Waals surface area (Å²) in [5, 5.41) is 0.456. The normalized spacial score (nSPS) is 25.4. The third-order valence-electron chi connectivity index (χ3n) is 1.74. The van der Waals surface area contributed by atoms with E-state index < -0.39 is 0 Å². The number of rotatable bonds is 1. The molecule has 1 heterocycles. The minimum absolute atomic E-state index is 0.219. The van der Waals surface area contributed by atoms with Crippen LogP contribution in [0.15, 0.2) is 0 Å². The third kappa shape index (κ3) is 1.45. The second-order valence-corrected chi connectivity index (χ2v) is 3.73. The molecule has 0 aromatic carbocycles. The smallest absolute Gasteiger partial charge is 0.220 e. The molecular weight excluding hydrogens is 146 g/mol. The molecule has 1 amide bonds. The monoisotopic (exact) mass is 159 g/mol. The number of carbonyl (C=O) groups excluding carboxylic acids is 1. The van der Waals surface area contributed by atoms with Crippen molar-refractivity contribution in [2.75, 3.05) is 12.3 Å². The first-order valence-corrected chi connectivity index (χ1v) is 4.69. The molecule has 3 heteroatoms. The lowest BCUT2D eigenvalue weighted by Crippen LogP contribution is -2.32. The molecule has 1 aliphatic rings. The summed E-state index contributed by atoms with van der Waals surface area (Å²) in [5.74, 6) is 1.33. The highest BCUT2D eigenvalue weighted by molar-refractivity contribution is 8.00. The van der Waals surface area contributed by atoms with Crippen molar-refractivity contribution in [3.05, 3.63) is 0 Å². The summed E-state index contributed by atoms with van der Waals surface area (Å²) in [5.41, 5.74) is 0. The van der Waals surface area contributed by atoms with Gasteiger partial charge in [-0.2, -0.15) is 0 Å². The van der Waals surface area contributed by atoms with E-state index in [1.807, 2.05) is 16.7 Å². The molecule has 0 spiro atoms. The maximum atomic E-state index is 10.9. The van der Waals surface area contributed by atoms with Crippen LogP contribution in [0.2, 0.25) is 0 Å². The fourth-order valence-corrected chi connectivity index (χ4v) is 2.46. The van der Waals surface area contributed by atoms with Gasteiger partial charge in [0.15, 0.2) is 0 Å². The Kier molecular flexibility index (Phi) is 2.60. The average Bonchev–Trinajstić information content (AvgIpc) is 2.33. The van der Waals surface area contributed by atoms with E-state index in [1.54, 1.807) is 6.92 Å². The number of hydrogen-bond acceptors (Lipinski definition) is 2. The van der Waals surface area contributed by atoms with Crippen molar-refractivity contribution in [1.82, 2.24) is 4.90 Å². The Morgan fingerprint density at radius 2 is 2.50 bits per heavy atom. The molecular formula is C7H13NOS. The van der Waals surface area contributed by atoms with Crippen LogP contribution in [0.4, 0.5) is 0 Å². The van der Waals surface area contributed by atoms with E-state index in [9.17, 15) is 4.79 Å². The van der Waals surface area contributed by atoms with E-state index in [0.29, 0.717) is 5.37 Å². The number of carbonyl (C=O) groups is 1. The summed E-state index contributed by atoms with van der Waals surface area (Å²) in [7, 11) is 0. The van der Waals surface area contributed by atoms with E-state index in [0.717, 1.165) is 18.7 Å². The van der Waals surface area contributed by atoms with E-state index >= 15 is 0 Å². The van der Waals surface area contributed by atoms with Crippen molar-refractivity contribution in [2.45, 2.75) is 25.6 Å². The van der Waals surface area contributed by atoms with Gasteiger partial charge in [-0.25, -0.2) is 0 Å². The highest BCUT2D eigenvalue weighted by Gasteiger charge is 2.24. The number of amides is 1. The first-order valence-electron chi connectivity index (χ1n) is 3.64. The van der Waals surface area contributed by atoms with Crippen LogP contribution >= 0.6 is 11.8 Å². The zero-order valence-electron chi connectivity index (χ0n) is 6.46. The average molecular weight is 159 g/mol. The topological polar surface area (TPSA) is 20.3 Å². The predicted molar refractivity (Wildman–Crippen MR) is 43.9 cm³/mol. The molecule has 10 heavy (non-hydrogen) atoms. The van der Waals surface area contributed by atoms with Gasteiger partial charge in [0.1, 0.15) is 0 Å². The molecule has 1 fully saturated rings. The molecule has 1 aliphatic heterocycles. The lowest BCUT2D eigenvalue weighted by Gasteiger charge is -2.20. The number of thioether (sulfide) groups is 1. The molecule has 0 aromatic rings. The first-order chi connectivity index (χ1) is 4.75. The second-order valence-electron chi connectivity index (χ2n) is 2.45. The zero-order chi connectivity index (χ0) is 7.56. The minimum atomic E-state index is 0.219.